The van der Waals surface area contributed by atoms with E-state index >= 15 is 0 Å². The number of allylic oxidation sites excluding steroid dienone is 4. The Morgan fingerprint density at radius 2 is 1.90 bits per heavy atom. The minimum Gasteiger partial charge on any atom is -0.493 e. The third kappa shape index (κ3) is 5.46. The number of hydrogen-bond donors (Lipinski definition) is 0. The Morgan fingerprint density at radius 1 is 1.13 bits per heavy atom. The first kappa shape index (κ1) is 23.3. The van der Waals surface area contributed by atoms with E-state index in [-0.39, 0.29) is 5.16 Å². The maximum atomic E-state index is 6.41. The SMILES string of the molecule is CCC(C)(PC1=C(/C=N/C)CCC=C1C)c1cccc(OC)c1OCc1ccccc1. The van der Waals surface area contributed by atoms with E-state index in [9.17, 15) is 0 Å². The van der Waals surface area contributed by atoms with E-state index in [0.29, 0.717) is 15.2 Å². The van der Waals surface area contributed by atoms with Crippen molar-refractivity contribution in [1.82, 2.24) is 0 Å². The summed E-state index contributed by atoms with van der Waals surface area (Å²) < 4.78 is 12.1. The fraction of sp³-hybridized carbons (Fsp3) is 0.370. The van der Waals surface area contributed by atoms with Crippen molar-refractivity contribution in [1.29, 1.82) is 0 Å². The largest absolute Gasteiger partial charge is 0.493 e. The minimum absolute atomic E-state index is 0.0604. The van der Waals surface area contributed by atoms with Gasteiger partial charge in [-0.15, -0.1) is 0 Å². The molecule has 4 heteroatoms. The maximum absolute atomic E-state index is 6.41. The van der Waals surface area contributed by atoms with E-state index in [0.717, 1.165) is 36.3 Å². The number of methoxy groups -OCH3 is 1. The van der Waals surface area contributed by atoms with Gasteiger partial charge in [-0.25, -0.2) is 0 Å². The maximum Gasteiger partial charge on any atom is 0.165 e. The second-order valence-electron chi connectivity index (χ2n) is 8.14. The number of nitrogens with zero attached hydrogens (tertiary/aromatic N) is 1. The molecule has 0 heterocycles. The molecular formula is C27H34NO2P. The molecule has 164 valence electrons. The average Bonchev–Trinajstić information content (AvgIpc) is 2.80. The van der Waals surface area contributed by atoms with E-state index in [1.807, 2.05) is 37.5 Å². The van der Waals surface area contributed by atoms with Gasteiger partial charge in [0.15, 0.2) is 11.5 Å². The van der Waals surface area contributed by atoms with Crippen LogP contribution in [0, 0.1) is 0 Å². The highest BCUT2D eigenvalue weighted by Crippen LogP contribution is 2.56. The lowest BCUT2D eigenvalue weighted by molar-refractivity contribution is 0.278. The van der Waals surface area contributed by atoms with Crippen molar-refractivity contribution in [2.45, 2.75) is 51.8 Å². The molecule has 3 nitrogen and oxygen atoms in total. The first-order valence-electron chi connectivity index (χ1n) is 11.0. The molecule has 2 atom stereocenters. The van der Waals surface area contributed by atoms with Gasteiger partial charge >= 0.3 is 0 Å². The summed E-state index contributed by atoms with van der Waals surface area (Å²) in [6, 6.07) is 16.6. The molecule has 0 fully saturated rings. The zero-order chi connectivity index (χ0) is 22.3. The molecule has 0 bridgehead atoms. The summed E-state index contributed by atoms with van der Waals surface area (Å²) in [4.78, 5) is 4.33. The Hall–Kier alpha value is -2.38. The first-order chi connectivity index (χ1) is 15.0. The number of ether oxygens (including phenoxy) is 2. The van der Waals surface area contributed by atoms with Crippen LogP contribution >= 0.6 is 8.58 Å². The molecule has 3 rings (SSSR count). The van der Waals surface area contributed by atoms with E-state index in [1.165, 1.54) is 22.0 Å². The van der Waals surface area contributed by atoms with Crippen LogP contribution in [0.4, 0.5) is 0 Å². The lowest BCUT2D eigenvalue weighted by Crippen LogP contribution is -2.18. The number of aliphatic imine (C=N–C) groups is 1. The predicted molar refractivity (Wildman–Crippen MR) is 134 cm³/mol. The van der Waals surface area contributed by atoms with Crippen molar-refractivity contribution in [3.63, 3.8) is 0 Å². The lowest BCUT2D eigenvalue weighted by Gasteiger charge is -2.34. The highest BCUT2D eigenvalue weighted by atomic mass is 31.1. The predicted octanol–water partition coefficient (Wildman–Crippen LogP) is 7.27. The van der Waals surface area contributed by atoms with Crippen LogP contribution in [0.3, 0.4) is 0 Å². The second kappa shape index (κ2) is 10.8. The van der Waals surface area contributed by atoms with Crippen LogP contribution in [0.5, 0.6) is 11.5 Å². The molecule has 1 aliphatic rings. The summed E-state index contributed by atoms with van der Waals surface area (Å²) in [5.41, 5.74) is 5.11. The molecule has 0 saturated carbocycles. The molecule has 0 saturated heterocycles. The third-order valence-corrected chi connectivity index (χ3v) is 8.13. The molecule has 1 aliphatic carbocycles. The summed E-state index contributed by atoms with van der Waals surface area (Å²) in [6.45, 7) is 7.38. The van der Waals surface area contributed by atoms with Gasteiger partial charge in [-0.3, -0.25) is 4.99 Å². The molecule has 0 aliphatic heterocycles. The number of benzene rings is 2. The first-order valence-corrected chi connectivity index (χ1v) is 12.0. The molecule has 0 N–H and O–H groups in total. The van der Waals surface area contributed by atoms with Crippen molar-refractivity contribution in [3.8, 4) is 11.5 Å². The third-order valence-electron chi connectivity index (χ3n) is 5.99. The van der Waals surface area contributed by atoms with Gasteiger partial charge in [0.25, 0.3) is 0 Å². The summed E-state index contributed by atoms with van der Waals surface area (Å²) in [6.07, 6.45) is 7.58. The molecule has 2 aromatic carbocycles. The molecule has 0 radical (unpaired) electrons. The van der Waals surface area contributed by atoms with Gasteiger partial charge in [0, 0.05) is 24.0 Å². The van der Waals surface area contributed by atoms with Crippen LogP contribution in [0.15, 0.2) is 76.1 Å². The van der Waals surface area contributed by atoms with Crippen LogP contribution < -0.4 is 9.47 Å². The van der Waals surface area contributed by atoms with Crippen molar-refractivity contribution >= 4 is 14.8 Å². The van der Waals surface area contributed by atoms with Crippen molar-refractivity contribution < 1.29 is 9.47 Å². The smallest absolute Gasteiger partial charge is 0.165 e. The summed E-state index contributed by atoms with van der Waals surface area (Å²) in [5, 5.41) is 1.38. The Labute approximate surface area is 189 Å². The lowest BCUT2D eigenvalue weighted by atomic mass is 9.95. The number of para-hydroxylation sites is 1. The Morgan fingerprint density at radius 3 is 2.58 bits per heavy atom. The highest BCUT2D eigenvalue weighted by Gasteiger charge is 2.32. The van der Waals surface area contributed by atoms with E-state index < -0.39 is 0 Å². The summed E-state index contributed by atoms with van der Waals surface area (Å²) >= 11 is 0. The van der Waals surface area contributed by atoms with Gasteiger partial charge in [0.2, 0.25) is 0 Å². The van der Waals surface area contributed by atoms with Crippen molar-refractivity contribution in [2.75, 3.05) is 14.2 Å². The van der Waals surface area contributed by atoms with Gasteiger partial charge in [0.05, 0.1) is 7.11 Å². The summed E-state index contributed by atoms with van der Waals surface area (Å²) in [5.74, 6) is 1.65. The van der Waals surface area contributed by atoms with Gasteiger partial charge in [-0.2, -0.15) is 0 Å². The highest BCUT2D eigenvalue weighted by molar-refractivity contribution is 7.45. The number of rotatable bonds is 9. The standard InChI is InChI=1S/C27H34NO2P/c1-6-27(3,31-26-20(2)12-10-15-22(26)18-28-4)23-16-11-17-24(29-5)25(23)30-19-21-13-8-7-9-14-21/h7-9,11-14,16-18,31H,6,10,15,19H2,1-5H3/b28-18+. The van der Waals surface area contributed by atoms with Gasteiger partial charge in [-0.1, -0.05) is 71.0 Å². The molecule has 2 unspecified atom stereocenters. The Kier molecular flexibility index (Phi) is 8.09. The fourth-order valence-electron chi connectivity index (χ4n) is 4.00. The van der Waals surface area contributed by atoms with Crippen LogP contribution in [0.1, 0.15) is 51.2 Å². The van der Waals surface area contributed by atoms with E-state index in [1.54, 1.807) is 7.11 Å². The van der Waals surface area contributed by atoms with Gasteiger partial charge in [-0.05, 0) is 54.3 Å². The molecule has 31 heavy (non-hydrogen) atoms. The van der Waals surface area contributed by atoms with Crippen molar-refractivity contribution in [2.24, 2.45) is 4.99 Å². The molecular weight excluding hydrogens is 401 g/mol. The van der Waals surface area contributed by atoms with Gasteiger partial charge < -0.3 is 9.47 Å². The molecule has 0 spiro atoms. The van der Waals surface area contributed by atoms with E-state index in [2.05, 4.69) is 56.1 Å². The zero-order valence-corrected chi connectivity index (χ0v) is 20.4. The minimum atomic E-state index is -0.0604. The van der Waals surface area contributed by atoms with Crippen LogP contribution in [0.25, 0.3) is 0 Å². The molecule has 2 aromatic rings. The van der Waals surface area contributed by atoms with Crippen LogP contribution in [-0.2, 0) is 11.8 Å². The Bertz CT molecular complexity index is 978. The fourth-order valence-corrected chi connectivity index (χ4v) is 5.71. The van der Waals surface area contributed by atoms with Crippen LogP contribution in [0.2, 0.25) is 0 Å². The van der Waals surface area contributed by atoms with E-state index in [4.69, 9.17) is 9.47 Å². The normalized spacial score (nSPS) is 16.6. The van der Waals surface area contributed by atoms with Crippen molar-refractivity contribution in [3.05, 3.63) is 82.2 Å². The number of hydrogen-bond acceptors (Lipinski definition) is 3. The monoisotopic (exact) mass is 435 g/mol. The van der Waals surface area contributed by atoms with Crippen LogP contribution in [-0.4, -0.2) is 20.4 Å². The molecule has 0 aromatic heterocycles. The topological polar surface area (TPSA) is 30.8 Å². The zero-order valence-electron chi connectivity index (χ0n) is 19.4. The van der Waals surface area contributed by atoms with Gasteiger partial charge in [0.1, 0.15) is 6.61 Å². The average molecular weight is 436 g/mol. The Balaban J connectivity index is 2.01. The molecule has 0 amide bonds. The summed E-state index contributed by atoms with van der Waals surface area (Å²) in [7, 11) is 4.20. The quantitative estimate of drug-likeness (QED) is 0.306. The second-order valence-corrected chi connectivity index (χ2v) is 9.99.